The third-order valence-electron chi connectivity index (χ3n) is 5.06. The van der Waals surface area contributed by atoms with Gasteiger partial charge in [0.1, 0.15) is 5.75 Å². The van der Waals surface area contributed by atoms with Crippen LogP contribution in [-0.4, -0.2) is 45.3 Å². The van der Waals surface area contributed by atoms with Crippen molar-refractivity contribution >= 4 is 11.6 Å². The van der Waals surface area contributed by atoms with Crippen molar-refractivity contribution in [2.24, 2.45) is 0 Å². The fourth-order valence-electron chi connectivity index (χ4n) is 3.43. The Morgan fingerprint density at radius 3 is 2.64 bits per heavy atom. The van der Waals surface area contributed by atoms with Crippen LogP contribution in [-0.2, 0) is 0 Å². The minimum Gasteiger partial charge on any atom is -0.496 e. The number of aromatic nitrogens is 4. The number of aliphatic hydroxyl groups is 1. The summed E-state index contributed by atoms with van der Waals surface area (Å²) in [6.07, 6.45) is 3.78. The Labute approximate surface area is 191 Å². The molecular weight excluding hydrogens is 420 g/mol. The van der Waals surface area contributed by atoms with Crippen molar-refractivity contribution in [2.45, 2.75) is 19.4 Å². The molecule has 2 aromatic carbocycles. The van der Waals surface area contributed by atoms with Crippen LogP contribution in [0.3, 0.4) is 0 Å². The van der Waals surface area contributed by atoms with Crippen LogP contribution in [0.25, 0.3) is 22.7 Å². The van der Waals surface area contributed by atoms with Gasteiger partial charge < -0.3 is 24.9 Å². The molecule has 0 spiro atoms. The number of aliphatic hydroxyl groups excluding tert-OH is 1. The van der Waals surface area contributed by atoms with E-state index in [1.165, 1.54) is 6.39 Å². The van der Waals surface area contributed by atoms with Crippen LogP contribution < -0.4 is 15.4 Å². The van der Waals surface area contributed by atoms with E-state index in [1.54, 1.807) is 13.3 Å². The standard InChI is InChI=1S/C24H26N6O3/c1-3-19(26-11-12-31)23-28-22(16-7-5-4-6-8-16)29-24(30-23)27-17-9-10-18(20(13-17)32-2)21-14-25-15-33-21/h4-10,13-15,19,26,31H,3,11-12H2,1-2H3,(H,27,28,29,30). The van der Waals surface area contributed by atoms with Gasteiger partial charge in [0.15, 0.2) is 23.8 Å². The number of nitrogens with zero attached hydrogens (tertiary/aromatic N) is 4. The summed E-state index contributed by atoms with van der Waals surface area (Å²) in [6.45, 7) is 2.53. The molecule has 4 rings (SSSR count). The van der Waals surface area contributed by atoms with E-state index in [4.69, 9.17) is 14.1 Å². The molecule has 3 N–H and O–H groups in total. The first kappa shape index (κ1) is 22.4. The predicted octanol–water partition coefficient (Wildman–Crippen LogP) is 3.98. The molecule has 0 saturated carbocycles. The zero-order valence-electron chi connectivity index (χ0n) is 18.5. The number of oxazole rings is 1. The lowest BCUT2D eigenvalue weighted by molar-refractivity contribution is 0.282. The van der Waals surface area contributed by atoms with E-state index in [0.29, 0.717) is 35.7 Å². The maximum atomic E-state index is 9.23. The van der Waals surface area contributed by atoms with Crippen molar-refractivity contribution in [1.29, 1.82) is 0 Å². The minimum absolute atomic E-state index is 0.0373. The summed E-state index contributed by atoms with van der Waals surface area (Å²) in [4.78, 5) is 18.0. The fraction of sp³-hybridized carbons (Fsp3) is 0.250. The molecule has 0 saturated heterocycles. The molecule has 0 bridgehead atoms. The molecule has 4 aromatic rings. The maximum Gasteiger partial charge on any atom is 0.231 e. The van der Waals surface area contributed by atoms with Gasteiger partial charge in [0.2, 0.25) is 5.95 Å². The SMILES string of the molecule is CCC(NCCO)c1nc(Nc2ccc(-c3cnco3)c(OC)c2)nc(-c2ccccc2)n1. The Morgan fingerprint density at radius 1 is 1.09 bits per heavy atom. The lowest BCUT2D eigenvalue weighted by Gasteiger charge is -2.17. The van der Waals surface area contributed by atoms with Gasteiger partial charge in [-0.3, -0.25) is 0 Å². The van der Waals surface area contributed by atoms with Gasteiger partial charge in [-0.25, -0.2) is 9.97 Å². The normalized spacial score (nSPS) is 11.8. The Morgan fingerprint density at radius 2 is 1.94 bits per heavy atom. The van der Waals surface area contributed by atoms with Gasteiger partial charge in [-0.1, -0.05) is 37.3 Å². The van der Waals surface area contributed by atoms with Crippen LogP contribution in [0.1, 0.15) is 25.2 Å². The Kier molecular flexibility index (Phi) is 7.23. The van der Waals surface area contributed by atoms with E-state index < -0.39 is 0 Å². The number of hydrogen-bond donors (Lipinski definition) is 3. The van der Waals surface area contributed by atoms with Crippen LogP contribution in [0.15, 0.2) is 65.5 Å². The number of benzene rings is 2. The lowest BCUT2D eigenvalue weighted by atomic mass is 10.1. The second-order valence-corrected chi connectivity index (χ2v) is 7.25. The number of anilines is 2. The Bertz CT molecular complexity index is 1170. The van der Waals surface area contributed by atoms with E-state index >= 15 is 0 Å². The summed E-state index contributed by atoms with van der Waals surface area (Å²) in [7, 11) is 1.60. The van der Waals surface area contributed by atoms with Gasteiger partial charge in [0, 0.05) is 23.9 Å². The summed E-state index contributed by atoms with van der Waals surface area (Å²) in [5.41, 5.74) is 2.43. The van der Waals surface area contributed by atoms with Crippen molar-refractivity contribution in [3.05, 3.63) is 66.9 Å². The van der Waals surface area contributed by atoms with Crippen molar-refractivity contribution in [1.82, 2.24) is 25.3 Å². The summed E-state index contributed by atoms with van der Waals surface area (Å²) >= 11 is 0. The highest BCUT2D eigenvalue weighted by atomic mass is 16.5. The van der Waals surface area contributed by atoms with Crippen LogP contribution in [0.2, 0.25) is 0 Å². The first-order valence-electron chi connectivity index (χ1n) is 10.7. The topological polar surface area (TPSA) is 118 Å². The third kappa shape index (κ3) is 5.33. The van der Waals surface area contributed by atoms with Gasteiger partial charge in [-0.05, 0) is 18.6 Å². The number of ether oxygens (including phenoxy) is 1. The molecule has 0 radical (unpaired) electrons. The molecular formula is C24H26N6O3. The average Bonchev–Trinajstić information content (AvgIpc) is 3.40. The smallest absolute Gasteiger partial charge is 0.231 e. The molecule has 2 heterocycles. The van der Waals surface area contributed by atoms with Crippen molar-refractivity contribution < 1.29 is 14.3 Å². The van der Waals surface area contributed by atoms with Crippen LogP contribution in [0.4, 0.5) is 11.6 Å². The molecule has 0 aliphatic heterocycles. The summed E-state index contributed by atoms with van der Waals surface area (Å²) < 4.78 is 11.0. The minimum atomic E-state index is -0.119. The molecule has 9 heteroatoms. The fourth-order valence-corrected chi connectivity index (χ4v) is 3.43. The zero-order chi connectivity index (χ0) is 23.0. The molecule has 0 amide bonds. The van der Waals surface area contributed by atoms with Crippen molar-refractivity contribution in [2.75, 3.05) is 25.6 Å². The largest absolute Gasteiger partial charge is 0.496 e. The number of rotatable bonds is 10. The molecule has 2 aromatic heterocycles. The average molecular weight is 447 g/mol. The highest BCUT2D eigenvalue weighted by Gasteiger charge is 2.17. The summed E-state index contributed by atoms with van der Waals surface area (Å²) in [6, 6.07) is 15.3. The van der Waals surface area contributed by atoms with Gasteiger partial charge in [-0.2, -0.15) is 9.97 Å². The van der Waals surface area contributed by atoms with Crippen LogP contribution >= 0.6 is 0 Å². The molecule has 170 valence electrons. The number of hydrogen-bond acceptors (Lipinski definition) is 9. The van der Waals surface area contributed by atoms with Crippen LogP contribution in [0, 0.1) is 0 Å². The number of nitrogens with one attached hydrogen (secondary N) is 2. The zero-order valence-corrected chi connectivity index (χ0v) is 18.5. The summed E-state index contributed by atoms with van der Waals surface area (Å²) in [5.74, 6) is 2.83. The highest BCUT2D eigenvalue weighted by Crippen LogP contribution is 2.33. The van der Waals surface area contributed by atoms with Crippen molar-refractivity contribution in [3.63, 3.8) is 0 Å². The number of methoxy groups -OCH3 is 1. The monoisotopic (exact) mass is 446 g/mol. The summed E-state index contributed by atoms with van der Waals surface area (Å²) in [5, 5.41) is 15.8. The Hall–Kier alpha value is -3.82. The molecule has 9 nitrogen and oxygen atoms in total. The third-order valence-corrected chi connectivity index (χ3v) is 5.06. The first-order chi connectivity index (χ1) is 16.2. The Balaban J connectivity index is 1.70. The molecule has 1 unspecified atom stereocenters. The van der Waals surface area contributed by atoms with E-state index in [2.05, 4.69) is 25.6 Å². The van der Waals surface area contributed by atoms with E-state index in [1.807, 2.05) is 55.5 Å². The maximum absolute atomic E-state index is 9.23. The second-order valence-electron chi connectivity index (χ2n) is 7.25. The van der Waals surface area contributed by atoms with E-state index in [-0.39, 0.29) is 12.6 Å². The predicted molar refractivity (Wildman–Crippen MR) is 125 cm³/mol. The van der Waals surface area contributed by atoms with Gasteiger partial charge >= 0.3 is 0 Å². The quantitative estimate of drug-likeness (QED) is 0.332. The highest BCUT2D eigenvalue weighted by molar-refractivity contribution is 5.71. The molecule has 0 aliphatic carbocycles. The first-order valence-corrected chi connectivity index (χ1v) is 10.7. The lowest BCUT2D eigenvalue weighted by Crippen LogP contribution is -2.26. The van der Waals surface area contributed by atoms with Crippen LogP contribution in [0.5, 0.6) is 5.75 Å². The van der Waals surface area contributed by atoms with E-state index in [9.17, 15) is 5.11 Å². The molecule has 33 heavy (non-hydrogen) atoms. The van der Waals surface area contributed by atoms with Gasteiger partial charge in [-0.15, -0.1) is 0 Å². The molecule has 0 fully saturated rings. The van der Waals surface area contributed by atoms with E-state index in [0.717, 1.165) is 23.2 Å². The molecule has 0 aliphatic rings. The van der Waals surface area contributed by atoms with Crippen molar-refractivity contribution in [3.8, 4) is 28.5 Å². The second kappa shape index (κ2) is 10.7. The van der Waals surface area contributed by atoms with Gasteiger partial charge in [0.05, 0.1) is 31.5 Å². The van der Waals surface area contributed by atoms with Gasteiger partial charge in [0.25, 0.3) is 0 Å². The molecule has 1 atom stereocenters.